The van der Waals surface area contributed by atoms with E-state index in [1.54, 1.807) is 0 Å². The molecule has 2 nitrogen and oxygen atoms in total. The standard InChI is InChI=1S/C20H28N2Si/c1-14(2)23(15(3)4,16(5)6)19-13-21-20-18-10-8-7-9-17(18)11-12-22(19)20/h7-16H,1-6H3. The summed E-state index contributed by atoms with van der Waals surface area (Å²) in [7, 11) is -1.70. The van der Waals surface area contributed by atoms with Gasteiger partial charge in [-0.2, -0.15) is 0 Å². The van der Waals surface area contributed by atoms with E-state index in [9.17, 15) is 0 Å². The Hall–Kier alpha value is -1.61. The van der Waals surface area contributed by atoms with Gasteiger partial charge in [-0.25, -0.2) is 4.98 Å². The van der Waals surface area contributed by atoms with Crippen LogP contribution in [-0.4, -0.2) is 17.5 Å². The first-order chi connectivity index (χ1) is 10.9. The zero-order valence-electron chi connectivity index (χ0n) is 15.2. The zero-order chi connectivity index (χ0) is 16.8. The highest BCUT2D eigenvalue weighted by Gasteiger charge is 2.46. The Morgan fingerprint density at radius 1 is 0.870 bits per heavy atom. The maximum absolute atomic E-state index is 4.86. The molecule has 0 aliphatic carbocycles. The highest BCUT2D eigenvalue weighted by atomic mass is 28.3. The molecule has 0 bridgehead atoms. The quantitative estimate of drug-likeness (QED) is 0.589. The summed E-state index contributed by atoms with van der Waals surface area (Å²) in [4.78, 5) is 4.86. The molecular weight excluding hydrogens is 296 g/mol. The SMILES string of the molecule is CC(C)[Si](c1cnc2c3ccccc3ccn12)(C(C)C)C(C)C. The number of hydrogen-bond donors (Lipinski definition) is 0. The summed E-state index contributed by atoms with van der Waals surface area (Å²) in [5.74, 6) is 0. The van der Waals surface area contributed by atoms with Gasteiger partial charge < -0.3 is 4.40 Å². The van der Waals surface area contributed by atoms with Gasteiger partial charge in [-0.3, -0.25) is 0 Å². The van der Waals surface area contributed by atoms with E-state index >= 15 is 0 Å². The number of aromatic nitrogens is 2. The summed E-state index contributed by atoms with van der Waals surface area (Å²) in [5, 5.41) is 4.00. The second-order valence-corrected chi connectivity index (χ2v) is 13.5. The average Bonchev–Trinajstić information content (AvgIpc) is 2.91. The molecule has 2 aromatic heterocycles. The maximum Gasteiger partial charge on any atom is 0.144 e. The molecular formula is C20H28N2Si. The van der Waals surface area contributed by atoms with E-state index in [4.69, 9.17) is 4.98 Å². The number of benzene rings is 1. The molecule has 23 heavy (non-hydrogen) atoms. The first kappa shape index (κ1) is 16.3. The van der Waals surface area contributed by atoms with E-state index in [-0.39, 0.29) is 0 Å². The first-order valence-electron chi connectivity index (χ1n) is 8.76. The smallest absolute Gasteiger partial charge is 0.144 e. The van der Waals surface area contributed by atoms with Gasteiger partial charge in [0, 0.05) is 23.1 Å². The molecule has 0 atom stereocenters. The molecule has 0 spiro atoms. The van der Waals surface area contributed by atoms with Crippen LogP contribution in [0.15, 0.2) is 42.7 Å². The van der Waals surface area contributed by atoms with Crippen LogP contribution < -0.4 is 5.32 Å². The summed E-state index contributed by atoms with van der Waals surface area (Å²) in [6.07, 6.45) is 4.41. The number of nitrogens with zero attached hydrogens (tertiary/aromatic N) is 2. The molecule has 0 aliphatic heterocycles. The lowest BCUT2D eigenvalue weighted by molar-refractivity contribution is 0.829. The van der Waals surface area contributed by atoms with Crippen molar-refractivity contribution in [2.75, 3.05) is 0 Å². The number of fused-ring (bicyclic) bond motifs is 3. The highest BCUT2D eigenvalue weighted by Crippen LogP contribution is 2.41. The van der Waals surface area contributed by atoms with Gasteiger partial charge in [-0.05, 0) is 28.1 Å². The van der Waals surface area contributed by atoms with Gasteiger partial charge in [-0.15, -0.1) is 0 Å². The lowest BCUT2D eigenvalue weighted by Gasteiger charge is -2.42. The van der Waals surface area contributed by atoms with Crippen molar-refractivity contribution in [1.29, 1.82) is 0 Å². The molecule has 0 N–H and O–H groups in total. The Balaban J connectivity index is 2.36. The Morgan fingerprint density at radius 3 is 2.09 bits per heavy atom. The van der Waals surface area contributed by atoms with Crippen LogP contribution in [0.1, 0.15) is 41.5 Å². The third-order valence-corrected chi connectivity index (χ3v) is 12.7. The molecule has 0 radical (unpaired) electrons. The fourth-order valence-electron chi connectivity index (χ4n) is 4.92. The maximum atomic E-state index is 4.86. The Labute approximate surface area is 140 Å². The molecule has 0 aliphatic rings. The molecule has 2 heterocycles. The van der Waals surface area contributed by atoms with Crippen molar-refractivity contribution in [3.63, 3.8) is 0 Å². The van der Waals surface area contributed by atoms with Crippen molar-refractivity contribution in [2.45, 2.75) is 58.2 Å². The van der Waals surface area contributed by atoms with Gasteiger partial charge >= 0.3 is 0 Å². The first-order valence-corrected chi connectivity index (χ1v) is 11.0. The lowest BCUT2D eigenvalue weighted by Crippen LogP contribution is -2.57. The monoisotopic (exact) mass is 324 g/mol. The third-order valence-electron chi connectivity index (χ3n) is 5.71. The fraction of sp³-hybridized carbons (Fsp3) is 0.450. The predicted molar refractivity (Wildman–Crippen MR) is 103 cm³/mol. The van der Waals surface area contributed by atoms with Crippen molar-refractivity contribution >= 4 is 29.8 Å². The van der Waals surface area contributed by atoms with E-state index in [0.29, 0.717) is 16.6 Å². The molecule has 0 amide bonds. The van der Waals surface area contributed by atoms with Crippen molar-refractivity contribution in [2.24, 2.45) is 0 Å². The summed E-state index contributed by atoms with van der Waals surface area (Å²) < 4.78 is 2.38. The van der Waals surface area contributed by atoms with Gasteiger partial charge in [0.1, 0.15) is 13.7 Å². The Kier molecular flexibility index (Phi) is 4.09. The van der Waals surface area contributed by atoms with Gasteiger partial charge in [0.05, 0.1) is 0 Å². The minimum absolute atomic E-state index is 0.689. The molecule has 3 aromatic rings. The number of imidazole rings is 1. The van der Waals surface area contributed by atoms with Gasteiger partial charge in [-0.1, -0.05) is 65.8 Å². The minimum atomic E-state index is -1.70. The normalized spacial score (nSPS) is 13.1. The van der Waals surface area contributed by atoms with Crippen LogP contribution >= 0.6 is 0 Å². The second kappa shape index (κ2) is 5.79. The molecule has 0 saturated heterocycles. The van der Waals surface area contributed by atoms with Crippen molar-refractivity contribution in [3.8, 4) is 0 Å². The van der Waals surface area contributed by atoms with Crippen molar-refractivity contribution in [3.05, 3.63) is 42.7 Å². The van der Waals surface area contributed by atoms with Crippen LogP contribution in [0.2, 0.25) is 16.6 Å². The highest BCUT2D eigenvalue weighted by molar-refractivity contribution is 6.94. The third kappa shape index (κ3) is 2.25. The largest absolute Gasteiger partial charge is 0.308 e. The van der Waals surface area contributed by atoms with Crippen LogP contribution in [-0.2, 0) is 0 Å². The number of rotatable bonds is 4. The molecule has 3 heteroatoms. The van der Waals surface area contributed by atoms with Crippen LogP contribution in [0.3, 0.4) is 0 Å². The van der Waals surface area contributed by atoms with E-state index in [1.165, 1.54) is 16.1 Å². The average molecular weight is 325 g/mol. The minimum Gasteiger partial charge on any atom is -0.308 e. The van der Waals surface area contributed by atoms with E-state index < -0.39 is 8.07 Å². The van der Waals surface area contributed by atoms with Crippen LogP contribution in [0.5, 0.6) is 0 Å². The number of pyridine rings is 1. The van der Waals surface area contributed by atoms with Gasteiger partial charge in [0.2, 0.25) is 0 Å². The van der Waals surface area contributed by atoms with E-state index in [0.717, 1.165) is 5.65 Å². The topological polar surface area (TPSA) is 17.3 Å². The Bertz CT molecular complexity index is 808. The summed E-state index contributed by atoms with van der Waals surface area (Å²) in [6, 6.07) is 10.8. The van der Waals surface area contributed by atoms with Crippen LogP contribution in [0.25, 0.3) is 16.4 Å². The summed E-state index contributed by atoms with van der Waals surface area (Å²) in [5.41, 5.74) is 3.17. The van der Waals surface area contributed by atoms with Crippen LogP contribution in [0.4, 0.5) is 0 Å². The zero-order valence-corrected chi connectivity index (χ0v) is 16.2. The van der Waals surface area contributed by atoms with Crippen molar-refractivity contribution < 1.29 is 0 Å². The van der Waals surface area contributed by atoms with E-state index in [2.05, 4.69) is 88.7 Å². The number of hydrogen-bond acceptors (Lipinski definition) is 1. The predicted octanol–water partition coefficient (Wildman–Crippen LogP) is 5.37. The van der Waals surface area contributed by atoms with Gasteiger partial charge in [0.25, 0.3) is 0 Å². The molecule has 122 valence electrons. The van der Waals surface area contributed by atoms with Crippen molar-refractivity contribution in [1.82, 2.24) is 9.38 Å². The molecule has 0 saturated carbocycles. The molecule has 0 unspecified atom stereocenters. The molecule has 3 rings (SSSR count). The van der Waals surface area contributed by atoms with Crippen LogP contribution in [0, 0.1) is 0 Å². The summed E-state index contributed by atoms with van der Waals surface area (Å²) >= 11 is 0. The summed E-state index contributed by atoms with van der Waals surface area (Å²) in [6.45, 7) is 14.5. The second-order valence-electron chi connectivity index (χ2n) is 7.64. The Morgan fingerprint density at radius 2 is 1.48 bits per heavy atom. The molecule has 0 fully saturated rings. The lowest BCUT2D eigenvalue weighted by atomic mass is 10.2. The van der Waals surface area contributed by atoms with E-state index in [1.807, 2.05) is 0 Å². The van der Waals surface area contributed by atoms with Gasteiger partial charge in [0.15, 0.2) is 0 Å². The molecule has 1 aromatic carbocycles. The fourth-order valence-corrected chi connectivity index (χ4v) is 11.6.